The molecule has 0 aliphatic heterocycles. The summed E-state index contributed by atoms with van der Waals surface area (Å²) in [5.41, 5.74) is 1.04. The van der Waals surface area contributed by atoms with Crippen LogP contribution >= 0.6 is 22.9 Å². The van der Waals surface area contributed by atoms with Crippen LogP contribution in [-0.2, 0) is 0 Å². The van der Waals surface area contributed by atoms with E-state index in [0.29, 0.717) is 21.2 Å². The predicted octanol–water partition coefficient (Wildman–Crippen LogP) is 3.15. The van der Waals surface area contributed by atoms with E-state index in [0.717, 1.165) is 5.56 Å². The van der Waals surface area contributed by atoms with Crippen LogP contribution in [0.25, 0.3) is 10.6 Å². The lowest BCUT2D eigenvalue weighted by molar-refractivity contribution is 0.111. The number of halogens is 1. The normalized spacial score (nSPS) is 9.75. The maximum absolute atomic E-state index is 10.7. The summed E-state index contributed by atoms with van der Waals surface area (Å²) in [4.78, 5) is 15.1. The van der Waals surface area contributed by atoms with E-state index in [9.17, 15) is 4.79 Å². The highest BCUT2D eigenvalue weighted by Gasteiger charge is 2.11. The molecular formula is C11H5ClN2OS. The van der Waals surface area contributed by atoms with Gasteiger partial charge in [-0.1, -0.05) is 23.7 Å². The number of aromatic nitrogens is 1. The lowest BCUT2D eigenvalue weighted by Crippen LogP contribution is -1.82. The molecule has 2 aromatic rings. The standard InChI is InChI=1S/C11H5ClN2OS/c12-8-3-1-7(2-4-8)11-14-9(6-15)10(5-13)16-11/h1-4,6H. The Balaban J connectivity index is 2.49. The first-order valence-electron chi connectivity index (χ1n) is 4.36. The molecule has 0 saturated heterocycles. The zero-order valence-corrected chi connectivity index (χ0v) is 9.55. The van der Waals surface area contributed by atoms with Gasteiger partial charge in [-0.05, 0) is 12.1 Å². The monoisotopic (exact) mass is 248 g/mol. The molecule has 0 radical (unpaired) electrons. The molecule has 0 fully saturated rings. The van der Waals surface area contributed by atoms with E-state index in [2.05, 4.69) is 4.98 Å². The van der Waals surface area contributed by atoms with Crippen molar-refractivity contribution in [2.24, 2.45) is 0 Å². The van der Waals surface area contributed by atoms with Crippen molar-refractivity contribution in [1.29, 1.82) is 5.26 Å². The van der Waals surface area contributed by atoms with E-state index < -0.39 is 0 Å². The number of carbonyl (C=O) groups excluding carboxylic acids is 1. The van der Waals surface area contributed by atoms with Crippen LogP contribution in [0.4, 0.5) is 0 Å². The summed E-state index contributed by atoms with van der Waals surface area (Å²) in [6, 6.07) is 9.03. The molecule has 0 saturated carbocycles. The van der Waals surface area contributed by atoms with Crippen LogP contribution in [-0.4, -0.2) is 11.3 Å². The van der Waals surface area contributed by atoms with Crippen molar-refractivity contribution in [3.63, 3.8) is 0 Å². The zero-order chi connectivity index (χ0) is 11.5. The quantitative estimate of drug-likeness (QED) is 0.767. The summed E-state index contributed by atoms with van der Waals surface area (Å²) in [5, 5.41) is 10.1. The molecule has 1 aromatic heterocycles. The van der Waals surface area contributed by atoms with Crippen molar-refractivity contribution >= 4 is 29.2 Å². The fourth-order valence-electron chi connectivity index (χ4n) is 1.21. The fourth-order valence-corrected chi connectivity index (χ4v) is 2.17. The summed E-state index contributed by atoms with van der Waals surface area (Å²) in [6.45, 7) is 0. The third-order valence-electron chi connectivity index (χ3n) is 1.96. The van der Waals surface area contributed by atoms with Crippen LogP contribution in [0.1, 0.15) is 15.4 Å². The molecule has 0 bridgehead atoms. The van der Waals surface area contributed by atoms with Crippen molar-refractivity contribution in [2.45, 2.75) is 0 Å². The van der Waals surface area contributed by atoms with Gasteiger partial charge in [-0.25, -0.2) is 4.98 Å². The van der Waals surface area contributed by atoms with Crippen LogP contribution in [0.3, 0.4) is 0 Å². The van der Waals surface area contributed by atoms with Gasteiger partial charge in [0.25, 0.3) is 0 Å². The number of rotatable bonds is 2. The minimum absolute atomic E-state index is 0.192. The average Bonchev–Trinajstić information content (AvgIpc) is 2.73. The third-order valence-corrected chi connectivity index (χ3v) is 3.23. The number of thiazole rings is 1. The van der Waals surface area contributed by atoms with Gasteiger partial charge in [-0.15, -0.1) is 11.3 Å². The smallest absolute Gasteiger partial charge is 0.170 e. The molecule has 1 heterocycles. The van der Waals surface area contributed by atoms with Gasteiger partial charge in [0, 0.05) is 10.6 Å². The second-order valence-electron chi connectivity index (χ2n) is 2.97. The van der Waals surface area contributed by atoms with Crippen LogP contribution in [0, 0.1) is 11.3 Å². The average molecular weight is 249 g/mol. The number of benzene rings is 1. The second kappa shape index (κ2) is 4.44. The number of hydrogen-bond donors (Lipinski definition) is 0. The number of nitriles is 1. The number of nitrogens with zero attached hydrogens (tertiary/aromatic N) is 2. The van der Waals surface area contributed by atoms with Crippen molar-refractivity contribution in [2.75, 3.05) is 0 Å². The second-order valence-corrected chi connectivity index (χ2v) is 4.41. The van der Waals surface area contributed by atoms with Gasteiger partial charge < -0.3 is 0 Å². The first-order chi connectivity index (χ1) is 7.74. The molecule has 0 N–H and O–H groups in total. The highest BCUT2D eigenvalue weighted by Crippen LogP contribution is 2.27. The first kappa shape index (κ1) is 10.8. The van der Waals surface area contributed by atoms with Crippen molar-refractivity contribution in [3.8, 4) is 16.6 Å². The maximum Gasteiger partial charge on any atom is 0.170 e. The van der Waals surface area contributed by atoms with E-state index in [4.69, 9.17) is 16.9 Å². The summed E-state index contributed by atoms with van der Waals surface area (Å²) < 4.78 is 0. The molecule has 0 spiro atoms. The Bertz CT molecular complexity index is 569. The molecule has 5 heteroatoms. The van der Waals surface area contributed by atoms with Crippen LogP contribution in [0.2, 0.25) is 5.02 Å². The van der Waals surface area contributed by atoms with Gasteiger partial charge in [-0.3, -0.25) is 4.79 Å². The van der Waals surface area contributed by atoms with Gasteiger partial charge in [0.1, 0.15) is 21.6 Å². The van der Waals surface area contributed by atoms with Gasteiger partial charge in [0.15, 0.2) is 6.29 Å². The Morgan fingerprint density at radius 2 is 2.06 bits per heavy atom. The van der Waals surface area contributed by atoms with E-state index in [1.165, 1.54) is 11.3 Å². The van der Waals surface area contributed by atoms with Gasteiger partial charge >= 0.3 is 0 Å². The lowest BCUT2D eigenvalue weighted by atomic mass is 10.2. The molecule has 0 unspecified atom stereocenters. The molecule has 1 aromatic carbocycles. The molecule has 0 atom stereocenters. The first-order valence-corrected chi connectivity index (χ1v) is 5.56. The van der Waals surface area contributed by atoms with Crippen molar-refractivity contribution in [1.82, 2.24) is 4.98 Å². The molecule has 3 nitrogen and oxygen atoms in total. The summed E-state index contributed by atoms with van der Waals surface area (Å²) in [6.07, 6.45) is 0.592. The van der Waals surface area contributed by atoms with Gasteiger partial charge in [-0.2, -0.15) is 5.26 Å². The van der Waals surface area contributed by atoms with Crippen LogP contribution in [0.5, 0.6) is 0 Å². The Kier molecular flexibility index (Phi) is 3.00. The fraction of sp³-hybridized carbons (Fsp3) is 0. The Morgan fingerprint density at radius 3 is 2.56 bits per heavy atom. The number of aldehydes is 1. The predicted molar refractivity (Wildman–Crippen MR) is 62.7 cm³/mol. The van der Waals surface area contributed by atoms with Crippen LogP contribution < -0.4 is 0 Å². The van der Waals surface area contributed by atoms with E-state index in [1.807, 2.05) is 6.07 Å². The lowest BCUT2D eigenvalue weighted by Gasteiger charge is -1.94. The maximum atomic E-state index is 10.7. The van der Waals surface area contributed by atoms with Gasteiger partial charge in [0.2, 0.25) is 0 Å². The zero-order valence-electron chi connectivity index (χ0n) is 7.98. The molecule has 78 valence electrons. The Morgan fingerprint density at radius 1 is 1.38 bits per heavy atom. The third kappa shape index (κ3) is 1.96. The summed E-state index contributed by atoms with van der Waals surface area (Å²) in [5.74, 6) is 0. The summed E-state index contributed by atoms with van der Waals surface area (Å²) >= 11 is 6.96. The Hall–Kier alpha value is -1.70. The van der Waals surface area contributed by atoms with Gasteiger partial charge in [0.05, 0.1) is 0 Å². The Labute approximate surface area is 101 Å². The SMILES string of the molecule is N#Cc1sc(-c2ccc(Cl)cc2)nc1C=O. The minimum Gasteiger partial charge on any atom is -0.296 e. The van der Waals surface area contributed by atoms with E-state index in [-0.39, 0.29) is 5.69 Å². The number of carbonyl (C=O) groups is 1. The largest absolute Gasteiger partial charge is 0.296 e. The van der Waals surface area contributed by atoms with Crippen LogP contribution in [0.15, 0.2) is 24.3 Å². The number of hydrogen-bond acceptors (Lipinski definition) is 4. The van der Waals surface area contributed by atoms with E-state index in [1.54, 1.807) is 24.3 Å². The molecule has 0 aliphatic rings. The topological polar surface area (TPSA) is 53.8 Å². The highest BCUT2D eigenvalue weighted by atomic mass is 35.5. The minimum atomic E-state index is 0.192. The molecular weight excluding hydrogens is 244 g/mol. The molecule has 0 aliphatic carbocycles. The molecule has 0 amide bonds. The van der Waals surface area contributed by atoms with Crippen molar-refractivity contribution < 1.29 is 4.79 Å². The van der Waals surface area contributed by atoms with E-state index >= 15 is 0 Å². The summed E-state index contributed by atoms with van der Waals surface area (Å²) in [7, 11) is 0. The van der Waals surface area contributed by atoms with Crippen molar-refractivity contribution in [3.05, 3.63) is 39.9 Å². The molecule has 2 rings (SSSR count). The highest BCUT2D eigenvalue weighted by molar-refractivity contribution is 7.15. The molecule has 16 heavy (non-hydrogen) atoms.